The van der Waals surface area contributed by atoms with Crippen molar-refractivity contribution >= 4 is 49.1 Å². The molecular formula is C23H21BrClFN2O3S. The van der Waals surface area contributed by atoms with Gasteiger partial charge in [-0.25, -0.2) is 12.8 Å². The summed E-state index contributed by atoms with van der Waals surface area (Å²) >= 11 is 9.03. The molecule has 168 valence electrons. The average molecular weight is 540 g/mol. The topological polar surface area (TPSA) is 66.5 Å². The van der Waals surface area contributed by atoms with Crippen molar-refractivity contribution in [2.24, 2.45) is 0 Å². The molecule has 0 saturated carbocycles. The molecule has 1 N–H and O–H groups in total. The van der Waals surface area contributed by atoms with E-state index in [0.717, 1.165) is 16.1 Å². The van der Waals surface area contributed by atoms with Crippen molar-refractivity contribution in [3.63, 3.8) is 0 Å². The molecule has 0 aliphatic heterocycles. The van der Waals surface area contributed by atoms with Gasteiger partial charge < -0.3 is 5.32 Å². The van der Waals surface area contributed by atoms with Crippen molar-refractivity contribution in [3.05, 3.63) is 98.7 Å². The molecule has 0 unspecified atom stereocenters. The molecule has 0 fully saturated rings. The summed E-state index contributed by atoms with van der Waals surface area (Å²) in [6, 6.07) is 18.2. The number of nitrogens with one attached hydrogen (secondary N) is 1. The zero-order valence-electron chi connectivity index (χ0n) is 17.2. The number of halogens is 3. The van der Waals surface area contributed by atoms with Crippen LogP contribution in [0.5, 0.6) is 0 Å². The molecule has 0 bridgehead atoms. The van der Waals surface area contributed by atoms with E-state index in [1.54, 1.807) is 42.5 Å². The summed E-state index contributed by atoms with van der Waals surface area (Å²) in [7, 11) is -3.73. The highest BCUT2D eigenvalue weighted by Crippen LogP contribution is 2.27. The summed E-state index contributed by atoms with van der Waals surface area (Å²) in [5, 5.41) is 3.52. The molecule has 0 aromatic heterocycles. The van der Waals surface area contributed by atoms with Crippen molar-refractivity contribution in [2.45, 2.75) is 13.0 Å². The Bertz CT molecular complexity index is 1200. The molecule has 3 aromatic rings. The summed E-state index contributed by atoms with van der Waals surface area (Å²) in [4.78, 5) is 12.4. The lowest BCUT2D eigenvalue weighted by Crippen LogP contribution is -2.30. The highest BCUT2D eigenvalue weighted by Gasteiger charge is 2.21. The zero-order chi connectivity index (χ0) is 23.3. The van der Waals surface area contributed by atoms with Gasteiger partial charge in [0.1, 0.15) is 5.82 Å². The van der Waals surface area contributed by atoms with Crippen LogP contribution in [-0.2, 0) is 23.0 Å². The van der Waals surface area contributed by atoms with E-state index >= 15 is 0 Å². The normalized spacial score (nSPS) is 11.2. The Morgan fingerprint density at radius 3 is 2.25 bits per heavy atom. The van der Waals surface area contributed by atoms with E-state index in [1.165, 1.54) is 12.1 Å². The van der Waals surface area contributed by atoms with Crippen molar-refractivity contribution in [1.29, 1.82) is 0 Å². The fraction of sp³-hybridized carbons (Fsp3) is 0.174. The second-order valence-electron chi connectivity index (χ2n) is 7.19. The fourth-order valence-corrected chi connectivity index (χ4v) is 4.41. The summed E-state index contributed by atoms with van der Waals surface area (Å²) in [5.41, 5.74) is 2.09. The summed E-state index contributed by atoms with van der Waals surface area (Å²) < 4.78 is 40.4. The van der Waals surface area contributed by atoms with E-state index in [9.17, 15) is 17.6 Å². The minimum Gasteiger partial charge on any atom is -0.352 e. The predicted octanol–water partition coefficient (Wildman–Crippen LogP) is 5.18. The maximum Gasteiger partial charge on any atom is 0.251 e. The average Bonchev–Trinajstić information content (AvgIpc) is 2.73. The van der Waals surface area contributed by atoms with Gasteiger partial charge >= 0.3 is 0 Å². The number of carbonyl (C=O) groups is 1. The molecule has 0 aliphatic rings. The van der Waals surface area contributed by atoms with Gasteiger partial charge in [-0.15, -0.1) is 0 Å². The number of carbonyl (C=O) groups excluding carboxylic acids is 1. The van der Waals surface area contributed by atoms with Gasteiger partial charge in [0.15, 0.2) is 0 Å². The first-order valence-corrected chi connectivity index (χ1v) is 12.7. The van der Waals surface area contributed by atoms with Crippen LogP contribution in [0.25, 0.3) is 0 Å². The van der Waals surface area contributed by atoms with E-state index in [0.29, 0.717) is 33.6 Å². The summed E-state index contributed by atoms with van der Waals surface area (Å²) in [5.74, 6) is -0.883. The third-order valence-electron chi connectivity index (χ3n) is 4.73. The largest absolute Gasteiger partial charge is 0.352 e. The van der Waals surface area contributed by atoms with Crippen LogP contribution in [0.2, 0.25) is 5.02 Å². The molecular weight excluding hydrogens is 519 g/mol. The molecule has 9 heteroatoms. The van der Waals surface area contributed by atoms with Crippen LogP contribution in [0.4, 0.5) is 10.1 Å². The molecule has 0 saturated heterocycles. The zero-order valence-corrected chi connectivity index (χ0v) is 20.3. The van der Waals surface area contributed by atoms with Crippen molar-refractivity contribution in [1.82, 2.24) is 5.32 Å². The molecule has 0 heterocycles. The highest BCUT2D eigenvalue weighted by atomic mass is 79.9. The molecule has 1 amide bonds. The van der Waals surface area contributed by atoms with Gasteiger partial charge in [0.2, 0.25) is 10.0 Å². The number of amides is 1. The Labute approximate surface area is 200 Å². The standard InChI is InChI=1S/C23H21BrClFN2O3S/c1-32(30,31)28(22-11-8-19(24)14-21(22)26)15-17-2-6-18(7-3-17)23(29)27-13-12-16-4-9-20(25)10-5-16/h2-11,14H,12-13,15H2,1H3,(H,27,29). The number of sulfonamides is 1. The van der Waals surface area contributed by atoms with E-state index in [1.807, 2.05) is 12.1 Å². The third-order valence-corrected chi connectivity index (χ3v) is 6.61. The van der Waals surface area contributed by atoms with Gasteiger partial charge in [-0.1, -0.05) is 51.8 Å². The monoisotopic (exact) mass is 538 g/mol. The maximum atomic E-state index is 14.4. The first-order chi connectivity index (χ1) is 15.1. The SMILES string of the molecule is CS(=O)(=O)N(Cc1ccc(C(=O)NCCc2ccc(Cl)cc2)cc1)c1ccc(Br)cc1F. The number of hydrogen-bond donors (Lipinski definition) is 1. The van der Waals surface area contributed by atoms with Crippen LogP contribution in [0, 0.1) is 5.82 Å². The smallest absolute Gasteiger partial charge is 0.251 e. The van der Waals surface area contributed by atoms with Gasteiger partial charge in [0.05, 0.1) is 18.5 Å². The van der Waals surface area contributed by atoms with Gasteiger partial charge in [-0.3, -0.25) is 9.10 Å². The molecule has 3 rings (SSSR count). The van der Waals surface area contributed by atoms with Crippen LogP contribution in [0.15, 0.2) is 71.2 Å². The second kappa shape index (κ2) is 10.5. The van der Waals surface area contributed by atoms with Gasteiger partial charge in [-0.05, 0) is 60.0 Å². The highest BCUT2D eigenvalue weighted by molar-refractivity contribution is 9.10. The lowest BCUT2D eigenvalue weighted by atomic mass is 10.1. The van der Waals surface area contributed by atoms with E-state index in [4.69, 9.17) is 11.6 Å². The Balaban J connectivity index is 1.65. The molecule has 32 heavy (non-hydrogen) atoms. The molecule has 0 spiro atoms. The minimum absolute atomic E-state index is 0.0419. The summed E-state index contributed by atoms with van der Waals surface area (Å²) in [6.45, 7) is 0.406. The quantitative estimate of drug-likeness (QED) is 0.429. The number of rotatable bonds is 8. The second-order valence-corrected chi connectivity index (χ2v) is 10.5. The predicted molar refractivity (Wildman–Crippen MR) is 129 cm³/mol. The van der Waals surface area contributed by atoms with Crippen molar-refractivity contribution in [3.8, 4) is 0 Å². The third kappa shape index (κ3) is 6.54. The Morgan fingerprint density at radius 1 is 1.03 bits per heavy atom. The summed E-state index contributed by atoms with van der Waals surface area (Å²) in [6.07, 6.45) is 1.69. The van der Waals surface area contributed by atoms with E-state index in [-0.39, 0.29) is 18.1 Å². The lowest BCUT2D eigenvalue weighted by Gasteiger charge is -2.23. The molecule has 0 aliphatic carbocycles. The van der Waals surface area contributed by atoms with Crippen molar-refractivity contribution in [2.75, 3.05) is 17.1 Å². The Kier molecular flexibility index (Phi) is 7.92. The van der Waals surface area contributed by atoms with Gasteiger partial charge in [0.25, 0.3) is 5.91 Å². The molecule has 0 radical (unpaired) electrons. The molecule has 5 nitrogen and oxygen atoms in total. The number of benzene rings is 3. The van der Waals surface area contributed by atoms with Gasteiger partial charge in [-0.2, -0.15) is 0 Å². The first kappa shape index (κ1) is 24.2. The van der Waals surface area contributed by atoms with E-state index in [2.05, 4.69) is 21.2 Å². The Morgan fingerprint density at radius 2 is 1.66 bits per heavy atom. The van der Waals surface area contributed by atoms with Crippen LogP contribution in [0.1, 0.15) is 21.5 Å². The van der Waals surface area contributed by atoms with Crippen LogP contribution < -0.4 is 9.62 Å². The maximum absolute atomic E-state index is 14.4. The van der Waals surface area contributed by atoms with Crippen LogP contribution in [0.3, 0.4) is 0 Å². The molecule has 3 aromatic carbocycles. The number of hydrogen-bond acceptors (Lipinski definition) is 3. The number of nitrogens with zero attached hydrogens (tertiary/aromatic N) is 1. The van der Waals surface area contributed by atoms with Crippen LogP contribution >= 0.6 is 27.5 Å². The van der Waals surface area contributed by atoms with Crippen molar-refractivity contribution < 1.29 is 17.6 Å². The number of anilines is 1. The van der Waals surface area contributed by atoms with Crippen LogP contribution in [-0.4, -0.2) is 27.1 Å². The fourth-order valence-electron chi connectivity index (χ4n) is 3.07. The van der Waals surface area contributed by atoms with E-state index < -0.39 is 15.8 Å². The Hall–Kier alpha value is -2.42. The lowest BCUT2D eigenvalue weighted by molar-refractivity contribution is 0.0954. The first-order valence-electron chi connectivity index (χ1n) is 9.68. The van der Waals surface area contributed by atoms with Gasteiger partial charge in [0, 0.05) is 21.6 Å². The minimum atomic E-state index is -3.73. The molecule has 0 atom stereocenters.